The van der Waals surface area contributed by atoms with E-state index in [0.717, 1.165) is 12.0 Å². The zero-order chi connectivity index (χ0) is 21.2. The number of hydrogen-bond donors (Lipinski definition) is 2. The standard InChI is InChI=1S/C20H25N3O5S/c1-4-28-20(25)18-13(2)22-14(3)19(18)29(26,27)21-11-17(24)23-10-9-15-7-5-6-8-16(15)12-23/h5-8,21-22H,4,9-12H2,1-3H3. The second kappa shape index (κ2) is 8.38. The highest BCUT2D eigenvalue weighted by atomic mass is 32.2. The van der Waals surface area contributed by atoms with E-state index in [1.807, 2.05) is 24.3 Å². The molecule has 2 heterocycles. The van der Waals surface area contributed by atoms with E-state index in [1.165, 1.54) is 5.56 Å². The number of amides is 1. The Morgan fingerprint density at radius 1 is 1.17 bits per heavy atom. The largest absolute Gasteiger partial charge is 0.462 e. The zero-order valence-corrected chi connectivity index (χ0v) is 17.6. The molecule has 0 saturated carbocycles. The van der Waals surface area contributed by atoms with Crippen molar-refractivity contribution in [1.29, 1.82) is 0 Å². The van der Waals surface area contributed by atoms with Crippen LogP contribution < -0.4 is 4.72 Å². The summed E-state index contributed by atoms with van der Waals surface area (Å²) in [4.78, 5) is 29.2. The molecule has 1 aliphatic heterocycles. The van der Waals surface area contributed by atoms with Gasteiger partial charge in [0.15, 0.2) is 0 Å². The summed E-state index contributed by atoms with van der Waals surface area (Å²) in [6.45, 7) is 5.55. The van der Waals surface area contributed by atoms with Gasteiger partial charge in [0.2, 0.25) is 15.9 Å². The van der Waals surface area contributed by atoms with Gasteiger partial charge in [0.05, 0.1) is 13.2 Å². The van der Waals surface area contributed by atoms with Gasteiger partial charge in [-0.2, -0.15) is 0 Å². The van der Waals surface area contributed by atoms with Crippen molar-refractivity contribution in [3.63, 3.8) is 0 Å². The van der Waals surface area contributed by atoms with E-state index in [0.29, 0.717) is 24.5 Å². The summed E-state index contributed by atoms with van der Waals surface area (Å²) in [5.41, 5.74) is 2.96. The van der Waals surface area contributed by atoms with Crippen molar-refractivity contribution >= 4 is 21.9 Å². The Labute approximate surface area is 170 Å². The van der Waals surface area contributed by atoms with Crippen LogP contribution in [0.15, 0.2) is 29.2 Å². The lowest BCUT2D eigenvalue weighted by Gasteiger charge is -2.29. The number of carbonyl (C=O) groups excluding carboxylic acids is 2. The second-order valence-corrected chi connectivity index (χ2v) is 8.66. The molecule has 1 aromatic carbocycles. The molecule has 0 fully saturated rings. The number of nitrogens with zero attached hydrogens (tertiary/aromatic N) is 1. The molecule has 8 nitrogen and oxygen atoms in total. The summed E-state index contributed by atoms with van der Waals surface area (Å²) in [5, 5.41) is 0. The zero-order valence-electron chi connectivity index (χ0n) is 16.7. The Morgan fingerprint density at radius 3 is 2.55 bits per heavy atom. The Kier molecular flexibility index (Phi) is 6.09. The van der Waals surface area contributed by atoms with Crippen LogP contribution in [0.4, 0.5) is 0 Å². The van der Waals surface area contributed by atoms with E-state index in [1.54, 1.807) is 25.7 Å². The van der Waals surface area contributed by atoms with E-state index in [-0.39, 0.29) is 29.5 Å². The van der Waals surface area contributed by atoms with Gasteiger partial charge in [-0.25, -0.2) is 17.9 Å². The first-order valence-electron chi connectivity index (χ1n) is 9.45. The third kappa shape index (κ3) is 4.35. The number of carbonyl (C=O) groups is 2. The monoisotopic (exact) mass is 419 g/mol. The lowest BCUT2D eigenvalue weighted by atomic mass is 10.00. The van der Waals surface area contributed by atoms with Crippen molar-refractivity contribution < 1.29 is 22.7 Å². The summed E-state index contributed by atoms with van der Waals surface area (Å²) >= 11 is 0. The summed E-state index contributed by atoms with van der Waals surface area (Å²) in [5.74, 6) is -1.03. The van der Waals surface area contributed by atoms with Gasteiger partial charge in [0.25, 0.3) is 0 Å². The van der Waals surface area contributed by atoms with Crippen molar-refractivity contribution in [1.82, 2.24) is 14.6 Å². The number of aromatic nitrogens is 1. The van der Waals surface area contributed by atoms with Gasteiger partial charge in [-0.1, -0.05) is 24.3 Å². The van der Waals surface area contributed by atoms with E-state index in [4.69, 9.17) is 4.74 Å². The predicted molar refractivity (Wildman–Crippen MR) is 107 cm³/mol. The summed E-state index contributed by atoms with van der Waals surface area (Å²) < 4.78 is 33.1. The Balaban J connectivity index is 1.74. The Morgan fingerprint density at radius 2 is 1.86 bits per heavy atom. The maximum absolute atomic E-state index is 12.9. The number of rotatable bonds is 6. The average molecular weight is 420 g/mol. The molecule has 0 aliphatic carbocycles. The normalized spacial score (nSPS) is 13.8. The molecule has 0 unspecified atom stereocenters. The van der Waals surface area contributed by atoms with Gasteiger partial charge in [-0.05, 0) is 38.3 Å². The summed E-state index contributed by atoms with van der Waals surface area (Å²) in [6.07, 6.45) is 0.734. The molecule has 9 heteroatoms. The van der Waals surface area contributed by atoms with Crippen LogP contribution in [-0.2, 0) is 32.5 Å². The number of ether oxygens (including phenoxy) is 1. The molecule has 2 aromatic rings. The summed E-state index contributed by atoms with van der Waals surface area (Å²) in [6, 6.07) is 7.89. The molecule has 156 valence electrons. The number of aromatic amines is 1. The van der Waals surface area contributed by atoms with E-state index >= 15 is 0 Å². The fourth-order valence-electron chi connectivity index (χ4n) is 3.59. The number of hydrogen-bond acceptors (Lipinski definition) is 5. The highest BCUT2D eigenvalue weighted by Crippen LogP contribution is 2.24. The van der Waals surface area contributed by atoms with E-state index in [9.17, 15) is 18.0 Å². The van der Waals surface area contributed by atoms with Crippen molar-refractivity contribution in [3.8, 4) is 0 Å². The first-order valence-corrected chi connectivity index (χ1v) is 10.9. The minimum atomic E-state index is -4.09. The topological polar surface area (TPSA) is 109 Å². The Hall–Kier alpha value is -2.65. The minimum absolute atomic E-state index is 0.0313. The lowest BCUT2D eigenvalue weighted by molar-refractivity contribution is -0.130. The van der Waals surface area contributed by atoms with Crippen molar-refractivity contribution in [2.75, 3.05) is 19.7 Å². The number of sulfonamides is 1. The third-order valence-corrected chi connectivity index (χ3v) is 6.53. The number of esters is 1. The van der Waals surface area contributed by atoms with Crippen LogP contribution in [-0.4, -0.2) is 49.9 Å². The van der Waals surface area contributed by atoms with Crippen molar-refractivity contribution in [2.45, 2.75) is 38.6 Å². The fraction of sp³-hybridized carbons (Fsp3) is 0.400. The van der Waals surface area contributed by atoms with Gasteiger partial charge in [-0.3, -0.25) is 4.79 Å². The van der Waals surface area contributed by atoms with Crippen LogP contribution >= 0.6 is 0 Å². The number of aryl methyl sites for hydroxylation is 2. The number of H-pyrrole nitrogens is 1. The molecule has 1 aromatic heterocycles. The second-order valence-electron chi connectivity index (χ2n) is 6.96. The van der Waals surface area contributed by atoms with Gasteiger partial charge in [-0.15, -0.1) is 0 Å². The fourth-order valence-corrected chi connectivity index (χ4v) is 5.01. The molecule has 1 aliphatic rings. The minimum Gasteiger partial charge on any atom is -0.462 e. The molecule has 0 spiro atoms. The molecular formula is C20H25N3O5S. The highest BCUT2D eigenvalue weighted by Gasteiger charge is 2.31. The molecule has 29 heavy (non-hydrogen) atoms. The van der Waals surface area contributed by atoms with Gasteiger partial charge >= 0.3 is 5.97 Å². The van der Waals surface area contributed by atoms with Gasteiger partial charge in [0, 0.05) is 24.5 Å². The van der Waals surface area contributed by atoms with E-state index in [2.05, 4.69) is 9.71 Å². The summed E-state index contributed by atoms with van der Waals surface area (Å²) in [7, 11) is -4.09. The SMILES string of the molecule is CCOC(=O)c1c(C)[nH]c(C)c1S(=O)(=O)NCC(=O)N1CCc2ccccc2C1. The van der Waals surface area contributed by atoms with Crippen LogP contribution in [0.2, 0.25) is 0 Å². The van der Waals surface area contributed by atoms with Crippen molar-refractivity contribution in [2.24, 2.45) is 0 Å². The third-order valence-electron chi connectivity index (χ3n) is 4.96. The van der Waals surface area contributed by atoms with Crippen molar-refractivity contribution in [3.05, 3.63) is 52.3 Å². The molecule has 0 radical (unpaired) electrons. The van der Waals surface area contributed by atoms with Crippen LogP contribution in [0, 0.1) is 13.8 Å². The quantitative estimate of drug-likeness (QED) is 0.693. The van der Waals surface area contributed by atoms with Crippen LogP contribution in [0.5, 0.6) is 0 Å². The average Bonchev–Trinajstić information content (AvgIpc) is 3.00. The number of benzene rings is 1. The van der Waals surface area contributed by atoms with Crippen LogP contribution in [0.3, 0.4) is 0 Å². The number of nitrogens with one attached hydrogen (secondary N) is 2. The smallest absolute Gasteiger partial charge is 0.341 e. The number of fused-ring (bicyclic) bond motifs is 1. The lowest BCUT2D eigenvalue weighted by Crippen LogP contribution is -2.42. The maximum atomic E-state index is 12.9. The van der Waals surface area contributed by atoms with Crippen LogP contribution in [0.25, 0.3) is 0 Å². The highest BCUT2D eigenvalue weighted by molar-refractivity contribution is 7.89. The van der Waals surface area contributed by atoms with Crippen LogP contribution in [0.1, 0.15) is 39.8 Å². The molecule has 3 rings (SSSR count). The first kappa shape index (κ1) is 21.1. The molecular weight excluding hydrogens is 394 g/mol. The van der Waals surface area contributed by atoms with Gasteiger partial charge < -0.3 is 14.6 Å². The maximum Gasteiger partial charge on any atom is 0.341 e. The van der Waals surface area contributed by atoms with Gasteiger partial charge in [0.1, 0.15) is 10.5 Å². The predicted octanol–water partition coefficient (Wildman–Crippen LogP) is 1.67. The Bertz CT molecular complexity index is 1040. The molecule has 2 N–H and O–H groups in total. The molecule has 0 saturated heterocycles. The molecule has 0 bridgehead atoms. The van der Waals surface area contributed by atoms with E-state index < -0.39 is 16.0 Å². The first-order chi connectivity index (χ1) is 13.7. The molecule has 1 amide bonds. The molecule has 0 atom stereocenters.